The number of phenolic OH excluding ortho intramolecular Hbond substituents is 2. The molecule has 0 amide bonds. The lowest BCUT2D eigenvalue weighted by Gasteiger charge is -2.12. The van der Waals surface area contributed by atoms with E-state index in [1.54, 1.807) is 0 Å². The van der Waals surface area contributed by atoms with Crippen LogP contribution in [0.1, 0.15) is 5.56 Å². The van der Waals surface area contributed by atoms with Gasteiger partial charge in [-0.3, -0.25) is 4.79 Å². The lowest BCUT2D eigenvalue weighted by molar-refractivity contribution is 0.287. The van der Waals surface area contributed by atoms with E-state index < -0.39 is 17.0 Å². The van der Waals surface area contributed by atoms with Gasteiger partial charge in [0, 0.05) is 17.7 Å². The smallest absolute Gasteiger partial charge is 0.202 e. The molecule has 0 radical (unpaired) electrons. The van der Waals surface area contributed by atoms with E-state index in [2.05, 4.69) is 0 Å². The lowest BCUT2D eigenvalue weighted by atomic mass is 10.1. The summed E-state index contributed by atoms with van der Waals surface area (Å²) in [5.74, 6) is -1.08. The van der Waals surface area contributed by atoms with Gasteiger partial charge in [-0.05, 0) is 29.8 Å². The van der Waals surface area contributed by atoms with E-state index in [1.165, 1.54) is 36.4 Å². The van der Waals surface area contributed by atoms with Crippen LogP contribution in [0.25, 0.3) is 22.3 Å². The number of hydrogen-bond donors (Lipinski definition) is 2. The first-order valence-corrected chi connectivity index (χ1v) is 8.48. The van der Waals surface area contributed by atoms with E-state index in [1.807, 2.05) is 30.3 Å². The van der Waals surface area contributed by atoms with Crippen LogP contribution in [0, 0.1) is 5.82 Å². The van der Waals surface area contributed by atoms with Gasteiger partial charge in [-0.2, -0.15) is 0 Å². The molecular formula is C22H15FO5. The van der Waals surface area contributed by atoms with Gasteiger partial charge in [0.1, 0.15) is 29.3 Å². The zero-order chi connectivity index (χ0) is 19.7. The monoisotopic (exact) mass is 378 g/mol. The van der Waals surface area contributed by atoms with Crippen LogP contribution in [0.2, 0.25) is 0 Å². The summed E-state index contributed by atoms with van der Waals surface area (Å²) in [6.07, 6.45) is 0. The molecule has 1 heterocycles. The van der Waals surface area contributed by atoms with E-state index in [0.29, 0.717) is 5.56 Å². The summed E-state index contributed by atoms with van der Waals surface area (Å²) < 4.78 is 24.4. The highest BCUT2D eigenvalue weighted by Gasteiger charge is 2.19. The zero-order valence-electron chi connectivity index (χ0n) is 14.6. The highest BCUT2D eigenvalue weighted by atomic mass is 19.1. The van der Waals surface area contributed by atoms with Gasteiger partial charge >= 0.3 is 0 Å². The van der Waals surface area contributed by atoms with Gasteiger partial charge in [-0.15, -0.1) is 0 Å². The largest absolute Gasteiger partial charge is 0.507 e. The van der Waals surface area contributed by atoms with Crippen LogP contribution in [0.15, 0.2) is 75.9 Å². The molecule has 0 aliphatic heterocycles. The maximum absolute atomic E-state index is 13.1. The first-order chi connectivity index (χ1) is 13.5. The van der Waals surface area contributed by atoms with Gasteiger partial charge in [0.05, 0.1) is 0 Å². The number of benzene rings is 3. The Balaban J connectivity index is 1.80. The third-order valence-electron chi connectivity index (χ3n) is 4.29. The van der Waals surface area contributed by atoms with Crippen LogP contribution in [0.5, 0.6) is 17.2 Å². The van der Waals surface area contributed by atoms with Crippen LogP contribution in [0.3, 0.4) is 0 Å². The Labute approximate surface area is 158 Å². The summed E-state index contributed by atoms with van der Waals surface area (Å²) in [5.41, 5.74) is 0.579. The van der Waals surface area contributed by atoms with Gasteiger partial charge in [0.2, 0.25) is 5.75 Å². The summed E-state index contributed by atoms with van der Waals surface area (Å²) >= 11 is 0. The number of fused-ring (bicyclic) bond motifs is 1. The molecule has 4 rings (SSSR count). The lowest BCUT2D eigenvalue weighted by Crippen LogP contribution is -2.02. The zero-order valence-corrected chi connectivity index (χ0v) is 14.6. The van der Waals surface area contributed by atoms with Crippen molar-refractivity contribution >= 4 is 11.0 Å². The quantitative estimate of drug-likeness (QED) is 0.508. The van der Waals surface area contributed by atoms with Crippen molar-refractivity contribution in [1.82, 2.24) is 0 Å². The van der Waals surface area contributed by atoms with E-state index in [9.17, 15) is 19.4 Å². The molecule has 3 aromatic carbocycles. The number of hydrogen-bond acceptors (Lipinski definition) is 5. The number of halogens is 1. The Kier molecular flexibility index (Phi) is 4.45. The molecular weight excluding hydrogens is 363 g/mol. The highest BCUT2D eigenvalue weighted by molar-refractivity contribution is 5.91. The van der Waals surface area contributed by atoms with Crippen molar-refractivity contribution in [2.24, 2.45) is 0 Å². The molecule has 0 saturated heterocycles. The maximum atomic E-state index is 13.1. The molecule has 0 aliphatic carbocycles. The molecule has 0 bridgehead atoms. The summed E-state index contributed by atoms with van der Waals surface area (Å²) in [6.45, 7) is 0.154. The molecule has 140 valence electrons. The molecule has 1 aromatic heterocycles. The predicted octanol–water partition coefficient (Wildman–Crippen LogP) is 4.59. The topological polar surface area (TPSA) is 79.9 Å². The summed E-state index contributed by atoms with van der Waals surface area (Å²) in [6, 6.07) is 17.0. The number of aromatic hydroxyl groups is 2. The third kappa shape index (κ3) is 3.27. The fourth-order valence-corrected chi connectivity index (χ4v) is 2.88. The fraction of sp³-hybridized carbons (Fsp3) is 0.0455. The molecule has 2 N–H and O–H groups in total. The average molecular weight is 378 g/mol. The Morgan fingerprint density at radius 3 is 2.39 bits per heavy atom. The Hall–Kier alpha value is -3.80. The first-order valence-electron chi connectivity index (χ1n) is 8.48. The SMILES string of the molecule is O=c1cc(-c2ccc(F)cc2)oc2c(O)c(OCc3ccccc3)cc(O)c12. The second-order valence-electron chi connectivity index (χ2n) is 6.20. The van der Waals surface area contributed by atoms with Crippen molar-refractivity contribution in [3.05, 3.63) is 88.3 Å². The summed E-state index contributed by atoms with van der Waals surface area (Å²) in [4.78, 5) is 12.5. The number of phenols is 2. The minimum absolute atomic E-state index is 0.0201. The van der Waals surface area contributed by atoms with Crippen LogP contribution in [-0.2, 0) is 6.61 Å². The molecule has 6 heteroatoms. The van der Waals surface area contributed by atoms with Crippen LogP contribution < -0.4 is 10.2 Å². The Morgan fingerprint density at radius 1 is 0.964 bits per heavy atom. The van der Waals surface area contributed by atoms with E-state index in [0.717, 1.165) is 5.56 Å². The molecule has 5 nitrogen and oxygen atoms in total. The van der Waals surface area contributed by atoms with E-state index >= 15 is 0 Å². The predicted molar refractivity (Wildman–Crippen MR) is 102 cm³/mol. The second kappa shape index (κ2) is 7.08. The van der Waals surface area contributed by atoms with Gasteiger partial charge in [-0.1, -0.05) is 30.3 Å². The van der Waals surface area contributed by atoms with Crippen LogP contribution in [-0.4, -0.2) is 10.2 Å². The van der Waals surface area contributed by atoms with Crippen molar-refractivity contribution in [3.63, 3.8) is 0 Å². The average Bonchev–Trinajstić information content (AvgIpc) is 2.70. The Bertz CT molecular complexity index is 1200. The second-order valence-corrected chi connectivity index (χ2v) is 6.20. The molecule has 28 heavy (non-hydrogen) atoms. The van der Waals surface area contributed by atoms with Crippen LogP contribution in [0.4, 0.5) is 4.39 Å². The van der Waals surface area contributed by atoms with Gasteiger partial charge in [0.15, 0.2) is 16.8 Å². The van der Waals surface area contributed by atoms with Crippen molar-refractivity contribution in [1.29, 1.82) is 0 Å². The number of ether oxygens (including phenoxy) is 1. The highest BCUT2D eigenvalue weighted by Crippen LogP contribution is 2.40. The molecule has 0 spiro atoms. The standard InChI is InChI=1S/C22H15FO5/c23-15-8-6-14(7-9-15)18-10-16(24)20-17(25)11-19(21(26)22(20)28-18)27-12-13-4-2-1-3-5-13/h1-11,25-26H,12H2. The van der Waals surface area contributed by atoms with Crippen LogP contribution >= 0.6 is 0 Å². The minimum Gasteiger partial charge on any atom is -0.507 e. The molecule has 0 unspecified atom stereocenters. The maximum Gasteiger partial charge on any atom is 0.202 e. The Morgan fingerprint density at radius 2 is 1.68 bits per heavy atom. The fourth-order valence-electron chi connectivity index (χ4n) is 2.88. The summed E-state index contributed by atoms with van der Waals surface area (Å²) in [7, 11) is 0. The van der Waals surface area contributed by atoms with Crippen molar-refractivity contribution in [2.75, 3.05) is 0 Å². The van der Waals surface area contributed by atoms with Crippen molar-refractivity contribution < 1.29 is 23.8 Å². The normalized spacial score (nSPS) is 10.9. The molecule has 0 atom stereocenters. The summed E-state index contributed by atoms with van der Waals surface area (Å²) in [5, 5.41) is 20.7. The van der Waals surface area contributed by atoms with Gasteiger partial charge in [-0.25, -0.2) is 4.39 Å². The van der Waals surface area contributed by atoms with Gasteiger partial charge < -0.3 is 19.4 Å². The van der Waals surface area contributed by atoms with Crippen molar-refractivity contribution in [2.45, 2.75) is 6.61 Å². The van der Waals surface area contributed by atoms with E-state index in [-0.39, 0.29) is 34.8 Å². The van der Waals surface area contributed by atoms with E-state index in [4.69, 9.17) is 9.15 Å². The number of rotatable bonds is 4. The first kappa shape index (κ1) is 17.6. The minimum atomic E-state index is -0.539. The molecule has 4 aromatic rings. The molecule has 0 aliphatic rings. The molecule has 0 fully saturated rings. The third-order valence-corrected chi connectivity index (χ3v) is 4.29. The molecule has 0 saturated carbocycles. The van der Waals surface area contributed by atoms with Crippen molar-refractivity contribution in [3.8, 4) is 28.6 Å². The van der Waals surface area contributed by atoms with Gasteiger partial charge in [0.25, 0.3) is 0 Å².